The highest BCUT2D eigenvalue weighted by molar-refractivity contribution is 9.10. The van der Waals surface area contributed by atoms with Crippen molar-refractivity contribution >= 4 is 50.5 Å². The number of methoxy groups -OCH3 is 2. The summed E-state index contributed by atoms with van der Waals surface area (Å²) < 4.78 is 11.5. The van der Waals surface area contributed by atoms with Crippen molar-refractivity contribution in [1.82, 2.24) is 4.90 Å². The van der Waals surface area contributed by atoms with E-state index in [1.165, 1.54) is 17.3 Å². The van der Waals surface area contributed by atoms with E-state index < -0.39 is 0 Å². The van der Waals surface area contributed by atoms with Gasteiger partial charge in [0.25, 0.3) is 5.91 Å². The van der Waals surface area contributed by atoms with Gasteiger partial charge in [0.2, 0.25) is 0 Å². The number of likely N-dealkylation sites (N-methyl/N-ethyl adjacent to an activating group) is 1. The molecule has 0 bridgehead atoms. The van der Waals surface area contributed by atoms with Crippen molar-refractivity contribution in [2.45, 2.75) is 6.92 Å². The van der Waals surface area contributed by atoms with E-state index in [2.05, 4.69) is 20.9 Å². The first kappa shape index (κ1) is 19.5. The zero-order valence-corrected chi connectivity index (χ0v) is 17.8. The van der Waals surface area contributed by atoms with Crippen LogP contribution < -0.4 is 9.47 Å². The Morgan fingerprint density at radius 2 is 1.78 bits per heavy atom. The summed E-state index contributed by atoms with van der Waals surface area (Å²) in [5, 5.41) is 0.640. The van der Waals surface area contributed by atoms with Crippen molar-refractivity contribution in [3.8, 4) is 11.5 Å². The van der Waals surface area contributed by atoms with E-state index in [0.717, 1.165) is 15.7 Å². The van der Waals surface area contributed by atoms with Crippen molar-refractivity contribution in [2.75, 3.05) is 21.3 Å². The summed E-state index contributed by atoms with van der Waals surface area (Å²) in [5.41, 5.74) is 2.76. The first-order valence-electron chi connectivity index (χ1n) is 8.17. The predicted octanol–water partition coefficient (Wildman–Crippen LogP) is 5.01. The molecule has 140 valence electrons. The van der Waals surface area contributed by atoms with Gasteiger partial charge in [0.1, 0.15) is 11.5 Å². The zero-order valence-electron chi connectivity index (χ0n) is 15.4. The van der Waals surface area contributed by atoms with E-state index in [1.807, 2.05) is 43.3 Å². The van der Waals surface area contributed by atoms with Crippen LogP contribution in [0.15, 0.2) is 50.8 Å². The number of aliphatic imine (C=N–C) groups is 1. The van der Waals surface area contributed by atoms with Crippen molar-refractivity contribution in [3.63, 3.8) is 0 Å². The number of rotatable bonds is 4. The van der Waals surface area contributed by atoms with Crippen LogP contribution in [0, 0.1) is 6.92 Å². The van der Waals surface area contributed by atoms with Crippen LogP contribution in [0.5, 0.6) is 11.5 Å². The minimum Gasteiger partial charge on any atom is -0.496 e. The monoisotopic (exact) mass is 446 g/mol. The molecule has 2 aromatic rings. The third-order valence-electron chi connectivity index (χ3n) is 4.05. The molecule has 5 nitrogen and oxygen atoms in total. The predicted molar refractivity (Wildman–Crippen MR) is 114 cm³/mol. The first-order valence-corrected chi connectivity index (χ1v) is 9.78. The second-order valence-corrected chi connectivity index (χ2v) is 7.80. The van der Waals surface area contributed by atoms with Crippen molar-refractivity contribution in [2.24, 2.45) is 4.99 Å². The second kappa shape index (κ2) is 8.19. The normalized spacial score (nSPS) is 17.1. The molecular weight excluding hydrogens is 428 g/mol. The topological polar surface area (TPSA) is 51.1 Å². The van der Waals surface area contributed by atoms with Gasteiger partial charge in [-0.3, -0.25) is 9.69 Å². The number of carbonyl (C=O) groups excluding carboxylic acids is 1. The number of halogens is 1. The lowest BCUT2D eigenvalue weighted by Crippen LogP contribution is -2.23. The number of hydrogen-bond acceptors (Lipinski definition) is 5. The third-order valence-corrected chi connectivity index (χ3v) is 5.73. The molecule has 0 unspecified atom stereocenters. The number of thioether (sulfide) groups is 1. The van der Waals surface area contributed by atoms with Gasteiger partial charge in [-0.2, -0.15) is 0 Å². The molecule has 27 heavy (non-hydrogen) atoms. The molecule has 1 saturated heterocycles. The molecule has 0 spiro atoms. The summed E-state index contributed by atoms with van der Waals surface area (Å²) in [7, 11) is 4.91. The quantitative estimate of drug-likeness (QED) is 0.619. The fraction of sp³-hybridized carbons (Fsp3) is 0.200. The number of carbonyl (C=O) groups is 1. The molecular formula is C20H19BrN2O3S. The number of nitrogens with zero attached hydrogens (tertiary/aromatic N) is 2. The van der Waals surface area contributed by atoms with E-state index in [9.17, 15) is 4.79 Å². The largest absolute Gasteiger partial charge is 0.496 e. The van der Waals surface area contributed by atoms with Crippen LogP contribution in [0.2, 0.25) is 0 Å². The van der Waals surface area contributed by atoms with E-state index in [1.54, 1.807) is 32.2 Å². The Morgan fingerprint density at radius 1 is 1.11 bits per heavy atom. The molecule has 3 rings (SSSR count). The van der Waals surface area contributed by atoms with E-state index in [-0.39, 0.29) is 5.91 Å². The van der Waals surface area contributed by atoms with Crippen molar-refractivity contribution < 1.29 is 14.3 Å². The van der Waals surface area contributed by atoms with Crippen molar-refractivity contribution in [3.05, 3.63) is 56.9 Å². The Kier molecular flexibility index (Phi) is 5.92. The van der Waals surface area contributed by atoms with Gasteiger partial charge in [-0.25, -0.2) is 4.99 Å². The molecule has 0 radical (unpaired) electrons. The Bertz CT molecular complexity index is 939. The maximum absolute atomic E-state index is 12.7. The molecule has 0 atom stereocenters. The molecule has 0 N–H and O–H groups in total. The van der Waals surface area contributed by atoms with Gasteiger partial charge in [-0.05, 0) is 58.9 Å². The van der Waals surface area contributed by atoms with Crippen LogP contribution in [-0.4, -0.2) is 37.2 Å². The van der Waals surface area contributed by atoms with Crippen LogP contribution in [0.4, 0.5) is 5.69 Å². The van der Waals surface area contributed by atoms with E-state index in [0.29, 0.717) is 21.6 Å². The molecule has 0 aromatic heterocycles. The van der Waals surface area contributed by atoms with Gasteiger partial charge in [0.15, 0.2) is 5.17 Å². The summed E-state index contributed by atoms with van der Waals surface area (Å²) in [6.07, 6.45) is 1.81. The van der Waals surface area contributed by atoms with Crippen LogP contribution >= 0.6 is 27.7 Å². The molecule has 1 fully saturated rings. The molecule has 1 aliphatic heterocycles. The summed E-state index contributed by atoms with van der Waals surface area (Å²) in [4.78, 5) is 19.4. The maximum Gasteiger partial charge on any atom is 0.266 e. The van der Waals surface area contributed by atoms with E-state index >= 15 is 0 Å². The highest BCUT2D eigenvalue weighted by Gasteiger charge is 2.30. The Balaban J connectivity index is 1.95. The van der Waals surface area contributed by atoms with Crippen molar-refractivity contribution in [1.29, 1.82) is 0 Å². The highest BCUT2D eigenvalue weighted by atomic mass is 79.9. The number of amides is 1. The molecule has 7 heteroatoms. The van der Waals surface area contributed by atoms with Gasteiger partial charge >= 0.3 is 0 Å². The average Bonchev–Trinajstić information content (AvgIpc) is 2.92. The second-order valence-electron chi connectivity index (χ2n) is 5.93. The number of ether oxygens (including phenoxy) is 2. The molecule has 0 aliphatic carbocycles. The summed E-state index contributed by atoms with van der Waals surface area (Å²) in [6, 6.07) is 11.5. The van der Waals surface area contributed by atoms with Gasteiger partial charge in [-0.15, -0.1) is 0 Å². The Hall–Kier alpha value is -2.25. The lowest BCUT2D eigenvalue weighted by Gasteiger charge is -2.10. The fourth-order valence-electron chi connectivity index (χ4n) is 2.52. The molecule has 1 heterocycles. The number of benzene rings is 2. The lowest BCUT2D eigenvalue weighted by molar-refractivity contribution is -0.121. The minimum absolute atomic E-state index is 0.0974. The average molecular weight is 447 g/mol. The van der Waals surface area contributed by atoms with E-state index in [4.69, 9.17) is 9.47 Å². The smallest absolute Gasteiger partial charge is 0.266 e. The molecule has 0 saturated carbocycles. The van der Waals surface area contributed by atoms with Crippen LogP contribution in [0.3, 0.4) is 0 Å². The molecule has 2 aromatic carbocycles. The molecule has 1 aliphatic rings. The molecule has 1 amide bonds. The lowest BCUT2D eigenvalue weighted by atomic mass is 10.1. The number of amidine groups is 1. The fourth-order valence-corrected chi connectivity index (χ4v) is 4.02. The third kappa shape index (κ3) is 4.20. The number of hydrogen-bond donors (Lipinski definition) is 0. The summed E-state index contributed by atoms with van der Waals surface area (Å²) in [5.74, 6) is 1.19. The maximum atomic E-state index is 12.7. The first-order chi connectivity index (χ1) is 12.9. The number of aryl methyl sites for hydroxylation is 1. The Labute approximate surface area is 171 Å². The van der Waals surface area contributed by atoms with Gasteiger partial charge in [0, 0.05) is 18.7 Å². The minimum atomic E-state index is -0.0974. The summed E-state index contributed by atoms with van der Waals surface area (Å²) >= 11 is 4.81. The van der Waals surface area contributed by atoms with Gasteiger partial charge in [-0.1, -0.05) is 17.7 Å². The Morgan fingerprint density at radius 3 is 2.41 bits per heavy atom. The highest BCUT2D eigenvalue weighted by Crippen LogP contribution is 2.38. The zero-order chi connectivity index (χ0) is 19.6. The van der Waals surface area contributed by atoms with Gasteiger partial charge < -0.3 is 9.47 Å². The van der Waals surface area contributed by atoms with Gasteiger partial charge in [0.05, 0.1) is 29.3 Å². The standard InChI is InChI=1S/C20H19BrN2O3S/c1-12-5-7-14(8-6-12)22-20-23(2)19(24)18(27-20)10-13-9-15(21)17(26-4)11-16(13)25-3/h5-11H,1-4H3/b18-10+,22-20?. The van der Waals surface area contributed by atoms with Crippen LogP contribution in [0.1, 0.15) is 11.1 Å². The SMILES string of the molecule is COc1cc(OC)c(/C=C2/SC(=Nc3ccc(C)cc3)N(C)C2=O)cc1Br. The van der Waals surface area contributed by atoms with Crippen LogP contribution in [-0.2, 0) is 4.79 Å². The summed E-state index contributed by atoms with van der Waals surface area (Å²) in [6.45, 7) is 2.03. The van der Waals surface area contributed by atoms with Crippen LogP contribution in [0.25, 0.3) is 6.08 Å².